The zero-order valence-electron chi connectivity index (χ0n) is 7.15. The van der Waals surface area contributed by atoms with Gasteiger partial charge in [-0.1, -0.05) is 0 Å². The molecule has 2 heterocycles. The molecule has 1 unspecified atom stereocenters. The second kappa shape index (κ2) is 3.47. The molecule has 0 radical (unpaired) electrons. The standard InChI is InChI=1S/C8H8F2N2O2/c9-5-1-7(10)8(11-2-5)12-3-6(13)4-14-12/h1-2,6,13H,3-4H2. The van der Waals surface area contributed by atoms with Crippen LogP contribution in [0.25, 0.3) is 0 Å². The number of aliphatic hydroxyl groups is 1. The minimum atomic E-state index is -0.806. The lowest BCUT2D eigenvalue weighted by molar-refractivity contribution is 0.114. The molecule has 1 aliphatic heterocycles. The molecule has 0 aliphatic carbocycles. The van der Waals surface area contributed by atoms with Crippen LogP contribution in [-0.4, -0.2) is 29.3 Å². The van der Waals surface area contributed by atoms with Crippen molar-refractivity contribution >= 4 is 5.82 Å². The van der Waals surface area contributed by atoms with E-state index in [-0.39, 0.29) is 19.0 Å². The Labute approximate surface area is 78.7 Å². The molecule has 0 saturated carbocycles. The third-order valence-corrected chi connectivity index (χ3v) is 1.82. The second-order valence-corrected chi connectivity index (χ2v) is 2.97. The lowest BCUT2D eigenvalue weighted by atomic mass is 10.4. The maximum Gasteiger partial charge on any atom is 0.189 e. The van der Waals surface area contributed by atoms with Crippen molar-refractivity contribution < 1.29 is 18.7 Å². The normalized spacial score (nSPS) is 21.6. The Hall–Kier alpha value is -1.27. The SMILES string of the molecule is OC1CON(c2ncc(F)cc2F)C1. The number of aliphatic hydroxyl groups excluding tert-OH is 1. The van der Waals surface area contributed by atoms with E-state index in [1.807, 2.05) is 0 Å². The molecule has 1 atom stereocenters. The molecular formula is C8H8F2N2O2. The number of hydrogen-bond donors (Lipinski definition) is 1. The van der Waals surface area contributed by atoms with Crippen LogP contribution in [0.2, 0.25) is 0 Å². The number of hydrogen-bond acceptors (Lipinski definition) is 4. The lowest BCUT2D eigenvalue weighted by Crippen LogP contribution is -2.22. The van der Waals surface area contributed by atoms with E-state index in [1.165, 1.54) is 0 Å². The van der Waals surface area contributed by atoms with Crippen molar-refractivity contribution in [3.05, 3.63) is 23.9 Å². The van der Waals surface area contributed by atoms with Crippen LogP contribution in [0.1, 0.15) is 0 Å². The van der Waals surface area contributed by atoms with Gasteiger partial charge in [-0.2, -0.15) is 0 Å². The summed E-state index contributed by atoms with van der Waals surface area (Å²) in [5.74, 6) is -1.66. The Morgan fingerprint density at radius 2 is 2.36 bits per heavy atom. The van der Waals surface area contributed by atoms with Crippen molar-refractivity contribution in [1.29, 1.82) is 0 Å². The molecule has 0 aromatic carbocycles. The monoisotopic (exact) mass is 202 g/mol. The van der Waals surface area contributed by atoms with E-state index in [1.54, 1.807) is 0 Å². The van der Waals surface area contributed by atoms with Crippen molar-refractivity contribution in [2.75, 3.05) is 18.2 Å². The van der Waals surface area contributed by atoms with Crippen LogP contribution in [0, 0.1) is 11.6 Å². The van der Waals surface area contributed by atoms with Crippen LogP contribution >= 0.6 is 0 Å². The molecule has 76 valence electrons. The van der Waals surface area contributed by atoms with Crippen LogP contribution in [0.4, 0.5) is 14.6 Å². The number of β-amino-alcohol motifs (C(OH)–C–C–N with tert-alkyl or cyclic N) is 1. The first-order chi connectivity index (χ1) is 6.66. The van der Waals surface area contributed by atoms with Crippen molar-refractivity contribution in [2.24, 2.45) is 0 Å². The topological polar surface area (TPSA) is 45.6 Å². The number of aromatic nitrogens is 1. The highest BCUT2D eigenvalue weighted by Gasteiger charge is 2.25. The molecule has 1 aromatic heterocycles. The van der Waals surface area contributed by atoms with Crippen LogP contribution in [-0.2, 0) is 4.84 Å². The van der Waals surface area contributed by atoms with Gasteiger partial charge in [0.05, 0.1) is 18.8 Å². The number of anilines is 1. The van der Waals surface area contributed by atoms with Crippen LogP contribution < -0.4 is 5.06 Å². The van der Waals surface area contributed by atoms with Gasteiger partial charge in [-0.15, -0.1) is 0 Å². The van der Waals surface area contributed by atoms with Crippen molar-refractivity contribution in [2.45, 2.75) is 6.10 Å². The molecular weight excluding hydrogens is 194 g/mol. The van der Waals surface area contributed by atoms with E-state index in [4.69, 9.17) is 9.94 Å². The van der Waals surface area contributed by atoms with Crippen LogP contribution in [0.15, 0.2) is 12.3 Å². The summed E-state index contributed by atoms with van der Waals surface area (Å²) in [6.45, 7) is 0.230. The van der Waals surface area contributed by atoms with Gasteiger partial charge in [-0.3, -0.25) is 4.84 Å². The number of nitrogens with zero attached hydrogens (tertiary/aromatic N) is 2. The van der Waals surface area contributed by atoms with Gasteiger partial charge in [-0.25, -0.2) is 18.8 Å². The molecule has 1 aliphatic rings. The summed E-state index contributed by atoms with van der Waals surface area (Å²) in [5.41, 5.74) is 0. The first kappa shape index (κ1) is 9.29. The van der Waals surface area contributed by atoms with Crippen molar-refractivity contribution in [1.82, 2.24) is 4.98 Å². The van der Waals surface area contributed by atoms with Gasteiger partial charge in [0.15, 0.2) is 11.6 Å². The van der Waals surface area contributed by atoms with E-state index < -0.39 is 17.7 Å². The van der Waals surface area contributed by atoms with Crippen molar-refractivity contribution in [3.8, 4) is 0 Å². The largest absolute Gasteiger partial charge is 0.389 e. The molecule has 14 heavy (non-hydrogen) atoms. The molecule has 1 fully saturated rings. The maximum absolute atomic E-state index is 13.1. The summed E-state index contributed by atoms with van der Waals surface area (Å²) < 4.78 is 25.6. The Kier molecular flexibility index (Phi) is 2.30. The minimum absolute atomic E-state index is 0.0957. The minimum Gasteiger partial charge on any atom is -0.389 e. The Morgan fingerprint density at radius 3 is 2.93 bits per heavy atom. The highest BCUT2D eigenvalue weighted by atomic mass is 19.1. The fraction of sp³-hybridized carbons (Fsp3) is 0.375. The number of hydroxylamine groups is 1. The first-order valence-electron chi connectivity index (χ1n) is 4.06. The van der Waals surface area contributed by atoms with Crippen molar-refractivity contribution in [3.63, 3.8) is 0 Å². The molecule has 0 amide bonds. The van der Waals surface area contributed by atoms with Crippen LogP contribution in [0.3, 0.4) is 0 Å². The van der Waals surface area contributed by atoms with Gasteiger partial charge in [0.2, 0.25) is 0 Å². The average Bonchev–Trinajstić information content (AvgIpc) is 2.51. The fourth-order valence-corrected chi connectivity index (χ4v) is 1.21. The quantitative estimate of drug-likeness (QED) is 0.719. The van der Waals surface area contributed by atoms with Crippen LogP contribution in [0.5, 0.6) is 0 Å². The molecule has 0 spiro atoms. The Morgan fingerprint density at radius 1 is 1.57 bits per heavy atom. The highest BCUT2D eigenvalue weighted by Crippen LogP contribution is 2.20. The lowest BCUT2D eigenvalue weighted by Gasteiger charge is -2.14. The summed E-state index contributed by atoms with van der Waals surface area (Å²) in [7, 11) is 0. The Balaban J connectivity index is 2.24. The molecule has 1 aromatic rings. The highest BCUT2D eigenvalue weighted by molar-refractivity contribution is 5.37. The average molecular weight is 202 g/mol. The number of rotatable bonds is 1. The molecule has 2 rings (SSSR count). The molecule has 1 N–H and O–H groups in total. The second-order valence-electron chi connectivity index (χ2n) is 2.97. The summed E-state index contributed by atoms with van der Waals surface area (Å²) in [5, 5.41) is 10.2. The predicted molar refractivity (Wildman–Crippen MR) is 43.5 cm³/mol. The predicted octanol–water partition coefficient (Wildman–Crippen LogP) is 0.472. The number of halogens is 2. The van der Waals surface area contributed by atoms with Gasteiger partial charge >= 0.3 is 0 Å². The zero-order valence-corrected chi connectivity index (χ0v) is 7.15. The van der Waals surface area contributed by atoms with Gasteiger partial charge in [0.25, 0.3) is 0 Å². The van der Waals surface area contributed by atoms with Gasteiger partial charge in [-0.05, 0) is 0 Å². The first-order valence-corrected chi connectivity index (χ1v) is 4.06. The smallest absolute Gasteiger partial charge is 0.189 e. The van der Waals surface area contributed by atoms with Gasteiger partial charge in [0, 0.05) is 6.07 Å². The van der Waals surface area contributed by atoms with E-state index in [2.05, 4.69) is 4.98 Å². The van der Waals surface area contributed by atoms with E-state index >= 15 is 0 Å². The van der Waals surface area contributed by atoms with Gasteiger partial charge < -0.3 is 5.11 Å². The van der Waals surface area contributed by atoms with E-state index in [0.717, 1.165) is 17.3 Å². The molecule has 6 heteroatoms. The molecule has 4 nitrogen and oxygen atoms in total. The Bertz CT molecular complexity index is 348. The summed E-state index contributed by atoms with van der Waals surface area (Å²) in [6, 6.07) is 0.719. The maximum atomic E-state index is 13.1. The molecule has 0 bridgehead atoms. The van der Waals surface area contributed by atoms with E-state index in [9.17, 15) is 8.78 Å². The zero-order chi connectivity index (χ0) is 10.1. The van der Waals surface area contributed by atoms with E-state index in [0.29, 0.717) is 0 Å². The number of pyridine rings is 1. The third kappa shape index (κ3) is 1.66. The fourth-order valence-electron chi connectivity index (χ4n) is 1.21. The summed E-state index contributed by atoms with van der Waals surface area (Å²) in [4.78, 5) is 8.46. The summed E-state index contributed by atoms with van der Waals surface area (Å²) in [6.07, 6.45) is 0.230. The third-order valence-electron chi connectivity index (χ3n) is 1.82. The molecule has 1 saturated heterocycles. The summed E-state index contributed by atoms with van der Waals surface area (Å²) >= 11 is 0. The van der Waals surface area contributed by atoms with Gasteiger partial charge in [0.1, 0.15) is 12.4 Å².